The number of urea groups is 1. The number of hydrogen-bond acceptors (Lipinski definition) is 3. The van der Waals surface area contributed by atoms with Crippen LogP contribution in [0.4, 0.5) is 10.5 Å². The third-order valence-electron chi connectivity index (χ3n) is 3.43. The Labute approximate surface area is 119 Å². The summed E-state index contributed by atoms with van der Waals surface area (Å²) in [6.45, 7) is 2.99. The summed E-state index contributed by atoms with van der Waals surface area (Å²) < 4.78 is 5.51. The SMILES string of the molecule is CCCOc1cccc(NC(=O)NCC2(O)CCC2)c1. The fourth-order valence-electron chi connectivity index (χ4n) is 2.07. The maximum Gasteiger partial charge on any atom is 0.319 e. The number of nitrogens with one attached hydrogen (secondary N) is 2. The Morgan fingerprint density at radius 3 is 2.90 bits per heavy atom. The fourth-order valence-corrected chi connectivity index (χ4v) is 2.07. The highest BCUT2D eigenvalue weighted by Gasteiger charge is 2.34. The van der Waals surface area contributed by atoms with E-state index in [1.807, 2.05) is 19.1 Å². The van der Waals surface area contributed by atoms with Gasteiger partial charge < -0.3 is 20.5 Å². The van der Waals surface area contributed by atoms with Crippen molar-refractivity contribution in [3.8, 4) is 5.75 Å². The summed E-state index contributed by atoms with van der Waals surface area (Å²) in [4.78, 5) is 11.8. The molecule has 1 aliphatic carbocycles. The van der Waals surface area contributed by atoms with E-state index in [0.29, 0.717) is 18.8 Å². The van der Waals surface area contributed by atoms with Crippen LogP contribution in [0.25, 0.3) is 0 Å². The molecule has 0 heterocycles. The normalized spacial score (nSPS) is 16.1. The minimum Gasteiger partial charge on any atom is -0.494 e. The first-order chi connectivity index (χ1) is 9.61. The van der Waals surface area contributed by atoms with Crippen LogP contribution in [0.5, 0.6) is 5.75 Å². The van der Waals surface area contributed by atoms with Gasteiger partial charge in [0.2, 0.25) is 0 Å². The monoisotopic (exact) mass is 278 g/mol. The molecular formula is C15H22N2O3. The van der Waals surface area contributed by atoms with Crippen molar-refractivity contribution in [2.75, 3.05) is 18.5 Å². The molecule has 0 spiro atoms. The molecule has 20 heavy (non-hydrogen) atoms. The Hall–Kier alpha value is -1.75. The van der Waals surface area contributed by atoms with E-state index in [0.717, 1.165) is 31.4 Å². The van der Waals surface area contributed by atoms with E-state index < -0.39 is 5.60 Å². The molecule has 0 radical (unpaired) electrons. The molecule has 0 unspecified atom stereocenters. The van der Waals surface area contributed by atoms with Crippen LogP contribution < -0.4 is 15.4 Å². The third kappa shape index (κ3) is 4.13. The van der Waals surface area contributed by atoms with Crippen molar-refractivity contribution in [3.05, 3.63) is 24.3 Å². The molecular weight excluding hydrogens is 256 g/mol. The Kier molecular flexibility index (Phi) is 4.84. The van der Waals surface area contributed by atoms with Gasteiger partial charge in [-0.25, -0.2) is 4.79 Å². The molecule has 3 N–H and O–H groups in total. The number of rotatable bonds is 6. The summed E-state index contributed by atoms with van der Waals surface area (Å²) in [6, 6.07) is 6.97. The van der Waals surface area contributed by atoms with E-state index in [1.165, 1.54) is 0 Å². The predicted octanol–water partition coefficient (Wildman–Crippen LogP) is 2.51. The Balaban J connectivity index is 1.81. The van der Waals surface area contributed by atoms with E-state index in [9.17, 15) is 9.90 Å². The number of aliphatic hydroxyl groups is 1. The summed E-state index contributed by atoms with van der Waals surface area (Å²) >= 11 is 0. The van der Waals surface area contributed by atoms with Gasteiger partial charge in [0.15, 0.2) is 0 Å². The lowest BCUT2D eigenvalue weighted by Crippen LogP contribution is -2.48. The Morgan fingerprint density at radius 1 is 1.45 bits per heavy atom. The fraction of sp³-hybridized carbons (Fsp3) is 0.533. The van der Waals surface area contributed by atoms with Gasteiger partial charge in [0.1, 0.15) is 5.75 Å². The Morgan fingerprint density at radius 2 is 2.25 bits per heavy atom. The molecule has 0 bridgehead atoms. The second kappa shape index (κ2) is 6.61. The average Bonchev–Trinajstić information content (AvgIpc) is 2.41. The average molecular weight is 278 g/mol. The first-order valence-corrected chi connectivity index (χ1v) is 7.11. The van der Waals surface area contributed by atoms with E-state index in [1.54, 1.807) is 12.1 Å². The molecule has 5 nitrogen and oxygen atoms in total. The standard InChI is InChI=1S/C15H22N2O3/c1-2-9-20-13-6-3-5-12(10-13)17-14(18)16-11-15(19)7-4-8-15/h3,5-6,10,19H,2,4,7-9,11H2,1H3,(H2,16,17,18). The zero-order valence-corrected chi connectivity index (χ0v) is 11.8. The van der Waals surface area contributed by atoms with Crippen molar-refractivity contribution < 1.29 is 14.6 Å². The Bertz CT molecular complexity index is 458. The molecule has 2 amide bonds. The number of hydrogen-bond donors (Lipinski definition) is 3. The minimum absolute atomic E-state index is 0.296. The predicted molar refractivity (Wildman–Crippen MR) is 78.1 cm³/mol. The molecule has 1 aliphatic rings. The molecule has 5 heteroatoms. The van der Waals surface area contributed by atoms with Gasteiger partial charge in [-0.05, 0) is 37.8 Å². The van der Waals surface area contributed by atoms with Crippen molar-refractivity contribution >= 4 is 11.7 Å². The summed E-state index contributed by atoms with van der Waals surface area (Å²) in [7, 11) is 0. The number of carbonyl (C=O) groups excluding carboxylic acids is 1. The van der Waals surface area contributed by atoms with Crippen molar-refractivity contribution in [3.63, 3.8) is 0 Å². The number of carbonyl (C=O) groups is 1. The molecule has 1 aromatic rings. The van der Waals surface area contributed by atoms with E-state index in [4.69, 9.17) is 4.74 Å². The van der Waals surface area contributed by atoms with Gasteiger partial charge in [-0.1, -0.05) is 13.0 Å². The van der Waals surface area contributed by atoms with Gasteiger partial charge in [0.05, 0.1) is 12.2 Å². The highest BCUT2D eigenvalue weighted by molar-refractivity contribution is 5.89. The van der Waals surface area contributed by atoms with Gasteiger partial charge in [0.25, 0.3) is 0 Å². The molecule has 0 aromatic heterocycles. The number of anilines is 1. The van der Waals surface area contributed by atoms with Crippen LogP contribution in [-0.2, 0) is 0 Å². The molecule has 110 valence electrons. The van der Waals surface area contributed by atoms with Crippen LogP contribution in [0.1, 0.15) is 32.6 Å². The molecule has 0 aliphatic heterocycles. The summed E-state index contributed by atoms with van der Waals surface area (Å²) in [5.41, 5.74) is -0.0274. The van der Waals surface area contributed by atoms with Gasteiger partial charge in [-0.15, -0.1) is 0 Å². The lowest BCUT2D eigenvalue weighted by Gasteiger charge is -2.36. The third-order valence-corrected chi connectivity index (χ3v) is 3.43. The highest BCUT2D eigenvalue weighted by Crippen LogP contribution is 2.30. The van der Waals surface area contributed by atoms with Crippen LogP contribution in [0.15, 0.2) is 24.3 Å². The maximum atomic E-state index is 11.8. The van der Waals surface area contributed by atoms with Gasteiger partial charge in [-0.3, -0.25) is 0 Å². The molecule has 1 aromatic carbocycles. The van der Waals surface area contributed by atoms with E-state index in [2.05, 4.69) is 10.6 Å². The van der Waals surface area contributed by atoms with Crippen LogP contribution in [-0.4, -0.2) is 29.9 Å². The number of benzene rings is 1. The molecule has 1 fully saturated rings. The van der Waals surface area contributed by atoms with Crippen LogP contribution in [0.3, 0.4) is 0 Å². The van der Waals surface area contributed by atoms with Crippen LogP contribution in [0, 0.1) is 0 Å². The van der Waals surface area contributed by atoms with Gasteiger partial charge in [-0.2, -0.15) is 0 Å². The summed E-state index contributed by atoms with van der Waals surface area (Å²) in [5.74, 6) is 0.738. The maximum absolute atomic E-state index is 11.8. The summed E-state index contributed by atoms with van der Waals surface area (Å²) in [5, 5.41) is 15.3. The van der Waals surface area contributed by atoms with Crippen molar-refractivity contribution in [2.24, 2.45) is 0 Å². The molecule has 0 atom stereocenters. The smallest absolute Gasteiger partial charge is 0.319 e. The lowest BCUT2D eigenvalue weighted by molar-refractivity contribution is -0.0287. The number of amides is 2. The second-order valence-electron chi connectivity index (χ2n) is 5.26. The van der Waals surface area contributed by atoms with E-state index in [-0.39, 0.29) is 6.03 Å². The van der Waals surface area contributed by atoms with Gasteiger partial charge >= 0.3 is 6.03 Å². The highest BCUT2D eigenvalue weighted by atomic mass is 16.5. The number of ether oxygens (including phenoxy) is 1. The molecule has 2 rings (SSSR count). The van der Waals surface area contributed by atoms with E-state index >= 15 is 0 Å². The first kappa shape index (κ1) is 14.7. The quantitative estimate of drug-likeness (QED) is 0.748. The first-order valence-electron chi connectivity index (χ1n) is 7.11. The van der Waals surface area contributed by atoms with Crippen molar-refractivity contribution in [2.45, 2.75) is 38.2 Å². The topological polar surface area (TPSA) is 70.6 Å². The van der Waals surface area contributed by atoms with Crippen LogP contribution in [0.2, 0.25) is 0 Å². The minimum atomic E-state index is -0.705. The molecule has 0 saturated heterocycles. The van der Waals surface area contributed by atoms with Gasteiger partial charge in [0, 0.05) is 18.3 Å². The molecule has 1 saturated carbocycles. The second-order valence-corrected chi connectivity index (χ2v) is 5.26. The summed E-state index contributed by atoms with van der Waals surface area (Å²) in [6.07, 6.45) is 3.48. The zero-order valence-electron chi connectivity index (χ0n) is 11.8. The van der Waals surface area contributed by atoms with Crippen molar-refractivity contribution in [1.82, 2.24) is 5.32 Å². The van der Waals surface area contributed by atoms with Crippen molar-refractivity contribution in [1.29, 1.82) is 0 Å². The van der Waals surface area contributed by atoms with Crippen LogP contribution >= 0.6 is 0 Å². The zero-order chi connectivity index (χ0) is 14.4. The lowest BCUT2D eigenvalue weighted by atomic mass is 9.80. The largest absolute Gasteiger partial charge is 0.494 e.